The maximum absolute atomic E-state index is 12.7. The Labute approximate surface area is 245 Å². The first kappa shape index (κ1) is 29.6. The summed E-state index contributed by atoms with van der Waals surface area (Å²) in [5, 5.41) is 4.72. The molecule has 4 rings (SSSR count). The lowest BCUT2D eigenvalue weighted by Crippen LogP contribution is -2.29. The molecule has 10 heteroatoms. The summed E-state index contributed by atoms with van der Waals surface area (Å²) < 4.78 is 37.8. The molecule has 0 atom stereocenters. The highest BCUT2D eigenvalue weighted by Crippen LogP contribution is 2.29. The number of carbonyl (C=O) groups excluding carboxylic acids is 1. The molecule has 0 spiro atoms. The van der Waals surface area contributed by atoms with E-state index in [1.54, 1.807) is 42.5 Å². The first-order valence-corrected chi connectivity index (χ1v) is 15.0. The minimum absolute atomic E-state index is 0.185. The van der Waals surface area contributed by atoms with Gasteiger partial charge in [-0.2, -0.15) is 5.10 Å². The number of sulfonamides is 1. The van der Waals surface area contributed by atoms with Crippen LogP contribution in [0.2, 0.25) is 5.02 Å². The van der Waals surface area contributed by atoms with Crippen LogP contribution in [-0.4, -0.2) is 33.4 Å². The molecule has 1 amide bonds. The van der Waals surface area contributed by atoms with Crippen LogP contribution in [0.1, 0.15) is 34.0 Å². The van der Waals surface area contributed by atoms with E-state index in [0.29, 0.717) is 46.5 Å². The van der Waals surface area contributed by atoms with E-state index in [1.165, 1.54) is 10.5 Å². The lowest BCUT2D eigenvalue weighted by molar-refractivity contribution is 0.0955. The molecule has 0 fully saturated rings. The van der Waals surface area contributed by atoms with Gasteiger partial charge in [0.05, 0.1) is 31.3 Å². The van der Waals surface area contributed by atoms with Gasteiger partial charge in [0.15, 0.2) is 11.5 Å². The number of anilines is 1. The van der Waals surface area contributed by atoms with Gasteiger partial charge in [0.2, 0.25) is 10.0 Å². The van der Waals surface area contributed by atoms with Gasteiger partial charge >= 0.3 is 0 Å². The smallest absolute Gasteiger partial charge is 0.271 e. The molecule has 0 saturated carbocycles. The van der Waals surface area contributed by atoms with Gasteiger partial charge in [0, 0.05) is 10.6 Å². The summed E-state index contributed by atoms with van der Waals surface area (Å²) in [7, 11) is -3.54. The van der Waals surface area contributed by atoms with Crippen molar-refractivity contribution in [2.75, 3.05) is 17.2 Å². The minimum atomic E-state index is -3.54. The van der Waals surface area contributed by atoms with E-state index in [0.717, 1.165) is 17.4 Å². The molecule has 4 aromatic carbocycles. The predicted octanol–water partition coefficient (Wildman–Crippen LogP) is 6.05. The van der Waals surface area contributed by atoms with Crippen LogP contribution in [0.25, 0.3) is 0 Å². The Morgan fingerprint density at radius 2 is 1.61 bits per heavy atom. The summed E-state index contributed by atoms with van der Waals surface area (Å²) in [6.07, 6.45) is 2.66. The van der Waals surface area contributed by atoms with Gasteiger partial charge in [-0.05, 0) is 78.2 Å². The third-order valence-corrected chi connectivity index (χ3v) is 7.33. The third kappa shape index (κ3) is 8.57. The van der Waals surface area contributed by atoms with Crippen molar-refractivity contribution in [3.8, 4) is 11.5 Å². The lowest BCUT2D eigenvalue weighted by atomic mass is 10.2. The fourth-order valence-corrected chi connectivity index (χ4v) is 4.91. The number of benzene rings is 4. The van der Waals surface area contributed by atoms with Gasteiger partial charge in [0.25, 0.3) is 5.91 Å². The summed E-state index contributed by atoms with van der Waals surface area (Å²) >= 11 is 5.94. The zero-order valence-electron chi connectivity index (χ0n) is 22.7. The minimum Gasteiger partial charge on any atom is -0.490 e. The van der Waals surface area contributed by atoms with E-state index < -0.39 is 15.9 Å². The van der Waals surface area contributed by atoms with Crippen LogP contribution >= 0.6 is 11.6 Å². The molecule has 4 aromatic rings. The Balaban J connectivity index is 1.39. The highest BCUT2D eigenvalue weighted by atomic mass is 35.5. The quantitative estimate of drug-likeness (QED) is 0.160. The average Bonchev–Trinajstić information content (AvgIpc) is 2.96. The molecule has 212 valence electrons. The number of halogens is 1. The van der Waals surface area contributed by atoms with Crippen LogP contribution < -0.4 is 19.2 Å². The average molecular weight is 592 g/mol. The van der Waals surface area contributed by atoms with E-state index in [-0.39, 0.29) is 6.54 Å². The number of ether oxygens (including phenoxy) is 2. The molecule has 0 aliphatic heterocycles. The van der Waals surface area contributed by atoms with Crippen LogP contribution in [0.3, 0.4) is 0 Å². The molecule has 0 bridgehead atoms. The molecular weight excluding hydrogens is 562 g/mol. The summed E-state index contributed by atoms with van der Waals surface area (Å²) in [6, 6.07) is 28.4. The molecule has 0 unspecified atom stereocenters. The molecule has 0 heterocycles. The molecule has 0 saturated heterocycles. The maximum atomic E-state index is 12.7. The Kier molecular flexibility index (Phi) is 10.00. The molecule has 0 aliphatic carbocycles. The van der Waals surface area contributed by atoms with E-state index in [4.69, 9.17) is 21.1 Å². The largest absolute Gasteiger partial charge is 0.490 e. The third-order valence-electron chi connectivity index (χ3n) is 5.94. The second kappa shape index (κ2) is 13.8. The number of nitrogens with zero attached hydrogens (tertiary/aromatic N) is 2. The Bertz CT molecular complexity index is 1590. The van der Waals surface area contributed by atoms with Gasteiger partial charge in [-0.1, -0.05) is 54.1 Å². The zero-order chi connectivity index (χ0) is 29.2. The Morgan fingerprint density at radius 3 is 2.27 bits per heavy atom. The first-order chi connectivity index (χ1) is 19.7. The van der Waals surface area contributed by atoms with Crippen molar-refractivity contribution < 1.29 is 22.7 Å². The molecule has 0 radical (unpaired) electrons. The van der Waals surface area contributed by atoms with E-state index in [9.17, 15) is 13.2 Å². The van der Waals surface area contributed by atoms with Crippen LogP contribution in [0.15, 0.2) is 102 Å². The SMILES string of the molecule is CCOc1cc(/C=N\NC(=O)c2ccc(N(Cc3ccccc3)S(C)(=O)=O)cc2)ccc1OCc1ccc(Cl)cc1. The van der Waals surface area contributed by atoms with Gasteiger partial charge in [0.1, 0.15) is 6.61 Å². The van der Waals surface area contributed by atoms with Gasteiger partial charge in [-0.3, -0.25) is 9.10 Å². The van der Waals surface area contributed by atoms with Crippen molar-refractivity contribution in [2.45, 2.75) is 20.1 Å². The van der Waals surface area contributed by atoms with Gasteiger partial charge in [-0.15, -0.1) is 0 Å². The topological polar surface area (TPSA) is 97.3 Å². The molecule has 8 nitrogen and oxygen atoms in total. The monoisotopic (exact) mass is 591 g/mol. The van der Waals surface area contributed by atoms with Crippen molar-refractivity contribution in [1.82, 2.24) is 5.43 Å². The van der Waals surface area contributed by atoms with Crippen molar-refractivity contribution in [3.05, 3.63) is 124 Å². The van der Waals surface area contributed by atoms with Crippen molar-refractivity contribution >= 4 is 39.4 Å². The number of carbonyl (C=O) groups is 1. The molecule has 41 heavy (non-hydrogen) atoms. The van der Waals surface area contributed by atoms with Crippen LogP contribution in [0, 0.1) is 0 Å². The normalized spacial score (nSPS) is 11.3. The summed E-state index contributed by atoms with van der Waals surface area (Å²) in [5.41, 5.74) is 5.81. The number of hydrogen-bond acceptors (Lipinski definition) is 6. The van der Waals surface area contributed by atoms with Crippen molar-refractivity contribution in [1.29, 1.82) is 0 Å². The predicted molar refractivity (Wildman–Crippen MR) is 162 cm³/mol. The summed E-state index contributed by atoms with van der Waals surface area (Å²) in [6.45, 7) is 2.87. The fourth-order valence-electron chi connectivity index (χ4n) is 3.89. The van der Waals surface area contributed by atoms with Crippen molar-refractivity contribution in [2.24, 2.45) is 5.10 Å². The maximum Gasteiger partial charge on any atom is 0.271 e. The summed E-state index contributed by atoms with van der Waals surface area (Å²) in [5.74, 6) is 0.700. The van der Waals surface area contributed by atoms with Crippen LogP contribution in [-0.2, 0) is 23.2 Å². The Morgan fingerprint density at radius 1 is 0.902 bits per heavy atom. The summed E-state index contributed by atoms with van der Waals surface area (Å²) in [4.78, 5) is 12.7. The van der Waals surface area contributed by atoms with Crippen molar-refractivity contribution in [3.63, 3.8) is 0 Å². The highest BCUT2D eigenvalue weighted by molar-refractivity contribution is 7.92. The number of nitrogens with one attached hydrogen (secondary N) is 1. The van der Waals surface area contributed by atoms with E-state index in [1.807, 2.05) is 61.5 Å². The number of rotatable bonds is 12. The standard InChI is InChI=1S/C31H30ClN3O5S/c1-3-39-30-19-25(11-18-29(30)40-22-24-9-14-27(32)15-10-24)20-33-34-31(36)26-12-16-28(17-13-26)35(41(2,37)38)21-23-7-5-4-6-8-23/h4-20H,3,21-22H2,1-2H3,(H,34,36)/b33-20-. The second-order valence-corrected chi connectivity index (χ2v) is 11.4. The van der Waals surface area contributed by atoms with Crippen LogP contribution in [0.4, 0.5) is 5.69 Å². The number of hydrazone groups is 1. The lowest BCUT2D eigenvalue weighted by Gasteiger charge is -2.22. The van der Waals surface area contributed by atoms with Gasteiger partial charge in [-0.25, -0.2) is 13.8 Å². The molecule has 1 N–H and O–H groups in total. The number of amides is 1. The fraction of sp³-hybridized carbons (Fsp3) is 0.161. The molecule has 0 aromatic heterocycles. The van der Waals surface area contributed by atoms with Gasteiger partial charge < -0.3 is 9.47 Å². The highest BCUT2D eigenvalue weighted by Gasteiger charge is 2.18. The van der Waals surface area contributed by atoms with E-state index in [2.05, 4.69) is 10.5 Å². The second-order valence-electron chi connectivity index (χ2n) is 9.06. The molecular formula is C31H30ClN3O5S. The van der Waals surface area contributed by atoms with E-state index >= 15 is 0 Å². The molecule has 0 aliphatic rings. The van der Waals surface area contributed by atoms with Crippen LogP contribution in [0.5, 0.6) is 11.5 Å². The number of hydrogen-bond donors (Lipinski definition) is 1. The zero-order valence-corrected chi connectivity index (χ0v) is 24.2. The Hall–Kier alpha value is -4.34. The first-order valence-electron chi connectivity index (χ1n) is 12.8.